The van der Waals surface area contributed by atoms with Gasteiger partial charge in [-0.2, -0.15) is 0 Å². The lowest BCUT2D eigenvalue weighted by Crippen LogP contribution is -2.40. The molecule has 1 aromatic carbocycles. The summed E-state index contributed by atoms with van der Waals surface area (Å²) in [5, 5.41) is 10.1. The second kappa shape index (κ2) is 10.2. The summed E-state index contributed by atoms with van der Waals surface area (Å²) in [6.45, 7) is 10.7. The molecule has 1 rings (SSSR count). The zero-order chi connectivity index (χ0) is 18.0. The van der Waals surface area contributed by atoms with Crippen molar-refractivity contribution in [2.75, 3.05) is 26.2 Å². The SMILES string of the molecule is C=CCN(CC(=O)OC(C)(C)C)C[C@@H](O)COCc1ccccc1. The van der Waals surface area contributed by atoms with Crippen LogP contribution < -0.4 is 0 Å². The molecule has 1 atom stereocenters. The third-order valence-corrected chi connectivity index (χ3v) is 3.05. The van der Waals surface area contributed by atoms with Gasteiger partial charge >= 0.3 is 5.97 Å². The summed E-state index contributed by atoms with van der Waals surface area (Å²) in [6, 6.07) is 9.78. The van der Waals surface area contributed by atoms with E-state index in [9.17, 15) is 9.90 Å². The van der Waals surface area contributed by atoms with E-state index in [1.807, 2.05) is 51.1 Å². The minimum atomic E-state index is -0.684. The average molecular weight is 335 g/mol. The average Bonchev–Trinajstić information content (AvgIpc) is 2.46. The van der Waals surface area contributed by atoms with Crippen molar-refractivity contribution in [2.24, 2.45) is 0 Å². The zero-order valence-corrected chi connectivity index (χ0v) is 14.9. The van der Waals surface area contributed by atoms with Gasteiger partial charge in [-0.15, -0.1) is 6.58 Å². The van der Waals surface area contributed by atoms with Crippen LogP contribution in [0.5, 0.6) is 0 Å². The first-order chi connectivity index (χ1) is 11.3. The molecule has 0 aliphatic carbocycles. The second-order valence-corrected chi connectivity index (χ2v) is 6.72. The highest BCUT2D eigenvalue weighted by Gasteiger charge is 2.20. The fraction of sp³-hybridized carbons (Fsp3) is 0.526. The number of aliphatic hydroxyl groups is 1. The maximum absolute atomic E-state index is 11.9. The fourth-order valence-electron chi connectivity index (χ4n) is 2.18. The van der Waals surface area contributed by atoms with Gasteiger partial charge in [0.05, 0.1) is 25.9 Å². The molecule has 0 aromatic heterocycles. The Kier molecular flexibility index (Phi) is 8.68. The molecule has 0 bridgehead atoms. The highest BCUT2D eigenvalue weighted by atomic mass is 16.6. The van der Waals surface area contributed by atoms with E-state index < -0.39 is 11.7 Å². The molecule has 0 aliphatic rings. The first-order valence-electron chi connectivity index (χ1n) is 8.15. The molecular formula is C19H29NO4. The third kappa shape index (κ3) is 9.45. The van der Waals surface area contributed by atoms with Crippen molar-refractivity contribution in [1.82, 2.24) is 4.90 Å². The second-order valence-electron chi connectivity index (χ2n) is 6.72. The Morgan fingerprint density at radius 2 is 2.00 bits per heavy atom. The highest BCUT2D eigenvalue weighted by molar-refractivity contribution is 5.72. The first kappa shape index (κ1) is 20.4. The number of hydrogen-bond acceptors (Lipinski definition) is 5. The van der Waals surface area contributed by atoms with Crippen LogP contribution in [0.3, 0.4) is 0 Å². The monoisotopic (exact) mass is 335 g/mol. The number of carbonyl (C=O) groups is 1. The van der Waals surface area contributed by atoms with Gasteiger partial charge in [0.25, 0.3) is 0 Å². The molecule has 0 radical (unpaired) electrons. The largest absolute Gasteiger partial charge is 0.459 e. The lowest BCUT2D eigenvalue weighted by molar-refractivity contribution is -0.156. The summed E-state index contributed by atoms with van der Waals surface area (Å²) in [4.78, 5) is 13.7. The normalized spacial score (nSPS) is 12.9. The molecule has 1 aromatic rings. The Labute approximate surface area is 144 Å². The van der Waals surface area contributed by atoms with Crippen molar-refractivity contribution in [3.05, 3.63) is 48.6 Å². The molecule has 0 amide bonds. The van der Waals surface area contributed by atoms with Crippen molar-refractivity contribution >= 4 is 5.97 Å². The molecule has 0 fully saturated rings. The van der Waals surface area contributed by atoms with Crippen LogP contribution in [0.25, 0.3) is 0 Å². The molecule has 0 spiro atoms. The van der Waals surface area contributed by atoms with Gasteiger partial charge in [-0.1, -0.05) is 36.4 Å². The molecule has 5 heteroatoms. The number of ether oxygens (including phenoxy) is 2. The van der Waals surface area contributed by atoms with Crippen molar-refractivity contribution in [1.29, 1.82) is 0 Å². The lowest BCUT2D eigenvalue weighted by Gasteiger charge is -2.25. The first-order valence-corrected chi connectivity index (χ1v) is 8.15. The molecule has 1 N–H and O–H groups in total. The molecule has 24 heavy (non-hydrogen) atoms. The summed E-state index contributed by atoms with van der Waals surface area (Å²) in [7, 11) is 0. The van der Waals surface area contributed by atoms with E-state index in [-0.39, 0.29) is 19.1 Å². The number of nitrogens with zero attached hydrogens (tertiary/aromatic N) is 1. The Morgan fingerprint density at radius 1 is 1.33 bits per heavy atom. The van der Waals surface area contributed by atoms with Crippen molar-refractivity contribution in [3.63, 3.8) is 0 Å². The summed E-state index contributed by atoms with van der Waals surface area (Å²) in [5.41, 5.74) is 0.537. The predicted octanol–water partition coefficient (Wildman–Crippen LogP) is 2.39. The van der Waals surface area contributed by atoms with Crippen LogP contribution in [0.1, 0.15) is 26.3 Å². The third-order valence-electron chi connectivity index (χ3n) is 3.05. The van der Waals surface area contributed by atoms with E-state index >= 15 is 0 Å². The minimum Gasteiger partial charge on any atom is -0.459 e. The van der Waals surface area contributed by atoms with E-state index in [0.717, 1.165) is 5.56 Å². The Balaban J connectivity index is 2.37. The molecule has 0 unspecified atom stereocenters. The van der Waals surface area contributed by atoms with Gasteiger partial charge in [-0.05, 0) is 26.3 Å². The summed E-state index contributed by atoms with van der Waals surface area (Å²) >= 11 is 0. The maximum Gasteiger partial charge on any atom is 0.320 e. The molecule has 0 saturated carbocycles. The number of hydrogen-bond donors (Lipinski definition) is 1. The van der Waals surface area contributed by atoms with E-state index in [2.05, 4.69) is 6.58 Å². The molecule has 5 nitrogen and oxygen atoms in total. The Bertz CT molecular complexity index is 496. The highest BCUT2D eigenvalue weighted by Crippen LogP contribution is 2.08. The number of rotatable bonds is 10. The van der Waals surface area contributed by atoms with Crippen LogP contribution in [0.15, 0.2) is 43.0 Å². The van der Waals surface area contributed by atoms with Crippen molar-refractivity contribution in [3.8, 4) is 0 Å². The summed E-state index contributed by atoms with van der Waals surface area (Å²) < 4.78 is 10.8. The van der Waals surface area contributed by atoms with Gasteiger partial charge in [0, 0.05) is 13.1 Å². The van der Waals surface area contributed by atoms with Crippen LogP contribution >= 0.6 is 0 Å². The quantitative estimate of drug-likeness (QED) is 0.525. The number of carbonyl (C=O) groups excluding carboxylic acids is 1. The number of esters is 1. The van der Waals surface area contributed by atoms with Crippen molar-refractivity contribution < 1.29 is 19.4 Å². The van der Waals surface area contributed by atoms with Crippen LogP contribution in [0, 0.1) is 0 Å². The van der Waals surface area contributed by atoms with Crippen LogP contribution in [-0.4, -0.2) is 53.9 Å². The minimum absolute atomic E-state index is 0.110. The lowest BCUT2D eigenvalue weighted by atomic mass is 10.2. The van der Waals surface area contributed by atoms with Crippen LogP contribution in [0.4, 0.5) is 0 Å². The topological polar surface area (TPSA) is 59.0 Å². The fourth-order valence-corrected chi connectivity index (χ4v) is 2.18. The van der Waals surface area contributed by atoms with E-state index in [1.54, 1.807) is 11.0 Å². The number of benzene rings is 1. The number of aliphatic hydroxyl groups excluding tert-OH is 1. The van der Waals surface area contributed by atoms with Crippen molar-refractivity contribution in [2.45, 2.75) is 39.1 Å². The Morgan fingerprint density at radius 3 is 2.58 bits per heavy atom. The molecule has 0 heterocycles. The predicted molar refractivity (Wildman–Crippen MR) is 94.6 cm³/mol. The van der Waals surface area contributed by atoms with Gasteiger partial charge in [0.2, 0.25) is 0 Å². The molecule has 0 saturated heterocycles. The van der Waals surface area contributed by atoms with E-state index in [4.69, 9.17) is 9.47 Å². The van der Waals surface area contributed by atoms with Crippen LogP contribution in [0.2, 0.25) is 0 Å². The van der Waals surface area contributed by atoms with Gasteiger partial charge in [0.15, 0.2) is 0 Å². The van der Waals surface area contributed by atoms with Gasteiger partial charge in [-0.3, -0.25) is 9.69 Å². The maximum atomic E-state index is 11.9. The summed E-state index contributed by atoms with van der Waals surface area (Å²) in [6.07, 6.45) is 1.01. The van der Waals surface area contributed by atoms with Gasteiger partial charge in [0.1, 0.15) is 5.60 Å². The van der Waals surface area contributed by atoms with Gasteiger partial charge < -0.3 is 14.6 Å². The Hall–Kier alpha value is -1.69. The smallest absolute Gasteiger partial charge is 0.320 e. The molecular weight excluding hydrogens is 306 g/mol. The summed E-state index contributed by atoms with van der Waals surface area (Å²) in [5.74, 6) is -0.318. The molecule has 134 valence electrons. The standard InChI is InChI=1S/C19H29NO4/c1-5-11-20(13-18(22)24-19(2,3)4)12-17(21)15-23-14-16-9-7-6-8-10-16/h5-10,17,21H,1,11-15H2,2-4H3/t17-/m1/s1. The van der Waals surface area contributed by atoms with E-state index in [1.165, 1.54) is 0 Å². The van der Waals surface area contributed by atoms with E-state index in [0.29, 0.717) is 19.7 Å². The van der Waals surface area contributed by atoms with Gasteiger partial charge in [-0.25, -0.2) is 0 Å². The molecule has 0 aliphatic heterocycles. The zero-order valence-electron chi connectivity index (χ0n) is 14.9. The van der Waals surface area contributed by atoms with Crippen LogP contribution in [-0.2, 0) is 20.9 Å².